The van der Waals surface area contributed by atoms with Gasteiger partial charge < -0.3 is 14.7 Å². The van der Waals surface area contributed by atoms with Gasteiger partial charge in [-0.05, 0) is 124 Å². The van der Waals surface area contributed by atoms with Gasteiger partial charge in [0.1, 0.15) is 5.75 Å². The molecule has 204 valence electrons. The number of aromatic nitrogens is 1. The number of hydrogen-bond donors (Lipinski definition) is 1. The zero-order valence-electron chi connectivity index (χ0n) is 23.2. The van der Waals surface area contributed by atoms with E-state index in [4.69, 9.17) is 4.74 Å². The maximum absolute atomic E-state index is 11.4. The van der Waals surface area contributed by atoms with Crippen LogP contribution in [0, 0.1) is 18.8 Å². The number of rotatable bonds is 14. The van der Waals surface area contributed by atoms with E-state index < -0.39 is 5.97 Å². The molecule has 0 saturated carbocycles. The molecule has 4 rings (SSSR count). The molecule has 5 heteroatoms. The molecular weight excluding hydrogens is 472 g/mol. The molecule has 1 aliphatic heterocycles. The summed E-state index contributed by atoms with van der Waals surface area (Å²) in [4.78, 5) is 18.5. The highest BCUT2D eigenvalue weighted by Gasteiger charge is 2.29. The molecule has 1 N–H and O–H groups in total. The van der Waals surface area contributed by atoms with Crippen LogP contribution in [0.15, 0.2) is 54.7 Å². The van der Waals surface area contributed by atoms with Crippen LogP contribution in [-0.2, 0) is 17.6 Å². The number of ether oxygens (including phenoxy) is 1. The van der Waals surface area contributed by atoms with Gasteiger partial charge >= 0.3 is 5.97 Å². The van der Waals surface area contributed by atoms with Crippen LogP contribution < -0.4 is 4.74 Å². The van der Waals surface area contributed by atoms with Crippen molar-refractivity contribution in [2.45, 2.75) is 71.1 Å². The summed E-state index contributed by atoms with van der Waals surface area (Å²) in [7, 11) is 1.70. The molecule has 1 aromatic heterocycles. The summed E-state index contributed by atoms with van der Waals surface area (Å²) < 4.78 is 5.43. The van der Waals surface area contributed by atoms with Crippen LogP contribution in [0.1, 0.15) is 68.1 Å². The van der Waals surface area contributed by atoms with Gasteiger partial charge in [-0.25, -0.2) is 0 Å². The zero-order chi connectivity index (χ0) is 26.7. The highest BCUT2D eigenvalue weighted by molar-refractivity contribution is 5.83. The van der Waals surface area contributed by atoms with Gasteiger partial charge in [0.15, 0.2) is 0 Å². The Labute approximate surface area is 228 Å². The smallest absolute Gasteiger partial charge is 0.303 e. The fourth-order valence-corrected chi connectivity index (χ4v) is 6.18. The monoisotopic (exact) mass is 516 g/mol. The number of carbonyl (C=O) groups is 1. The third-order valence-corrected chi connectivity index (χ3v) is 8.45. The van der Waals surface area contributed by atoms with Gasteiger partial charge in [-0.3, -0.25) is 9.78 Å². The van der Waals surface area contributed by atoms with Crippen LogP contribution in [0.5, 0.6) is 5.75 Å². The summed E-state index contributed by atoms with van der Waals surface area (Å²) in [5.41, 5.74) is 5.20. The van der Waals surface area contributed by atoms with Gasteiger partial charge in [-0.15, -0.1) is 0 Å². The Kier molecular flexibility index (Phi) is 10.6. The van der Waals surface area contributed by atoms with Gasteiger partial charge in [0.05, 0.1) is 12.6 Å². The third-order valence-electron chi connectivity index (χ3n) is 8.45. The van der Waals surface area contributed by atoms with Crippen molar-refractivity contribution < 1.29 is 14.6 Å². The molecule has 0 bridgehead atoms. The first-order valence-electron chi connectivity index (χ1n) is 14.4. The number of methoxy groups -OCH3 is 1. The van der Waals surface area contributed by atoms with Gasteiger partial charge in [0.25, 0.3) is 0 Å². The van der Waals surface area contributed by atoms with Crippen molar-refractivity contribution in [1.29, 1.82) is 0 Å². The van der Waals surface area contributed by atoms with E-state index in [0.29, 0.717) is 11.8 Å². The number of carboxylic acids is 1. The second-order valence-corrected chi connectivity index (χ2v) is 11.0. The lowest BCUT2D eigenvalue weighted by atomic mass is 9.79. The molecule has 0 spiro atoms. The minimum absolute atomic E-state index is 0.278. The Morgan fingerprint density at radius 3 is 2.66 bits per heavy atom. The standard InChI is InChI=1S/C33H44N2O3/c1-25-9-5-6-11-26(25)10-4-3-7-21-35-22-19-27(29(24-35)14-17-33(36)37)12-8-13-28-18-20-34-32-16-15-30(38-2)23-31(28)32/h5-6,9,11,15-16,18,20,23,27,29H,3-4,7-8,10,12-14,17,19,21-22,24H2,1-2H3,(H,36,37). The van der Waals surface area contributed by atoms with Gasteiger partial charge in [-0.2, -0.15) is 0 Å². The van der Waals surface area contributed by atoms with E-state index in [0.717, 1.165) is 63.0 Å². The van der Waals surface area contributed by atoms with Crippen LogP contribution in [0.4, 0.5) is 0 Å². The van der Waals surface area contributed by atoms with E-state index >= 15 is 0 Å². The SMILES string of the molecule is COc1ccc2nccc(CCCC3CCN(CCCCCc4ccccc4C)CC3CCC(=O)O)c2c1. The lowest BCUT2D eigenvalue weighted by Gasteiger charge is -2.39. The number of fused-ring (bicyclic) bond motifs is 1. The maximum atomic E-state index is 11.4. The van der Waals surface area contributed by atoms with Crippen LogP contribution in [-0.4, -0.2) is 47.7 Å². The number of aliphatic carboxylic acids is 1. The molecule has 38 heavy (non-hydrogen) atoms. The minimum atomic E-state index is -0.672. The number of carboxylic acid groups (broad SMARTS) is 1. The molecule has 0 amide bonds. The molecule has 5 nitrogen and oxygen atoms in total. The molecule has 2 unspecified atom stereocenters. The number of unbranched alkanes of at least 4 members (excludes halogenated alkanes) is 2. The van der Waals surface area contributed by atoms with Gasteiger partial charge in [0.2, 0.25) is 0 Å². The van der Waals surface area contributed by atoms with Crippen molar-refractivity contribution in [3.8, 4) is 5.75 Å². The van der Waals surface area contributed by atoms with Gasteiger partial charge in [-0.1, -0.05) is 30.7 Å². The average Bonchev–Trinajstić information content (AvgIpc) is 2.93. The number of nitrogens with zero attached hydrogens (tertiary/aromatic N) is 2. The number of aryl methyl sites for hydroxylation is 3. The van der Waals surface area contributed by atoms with Crippen molar-refractivity contribution in [2.24, 2.45) is 11.8 Å². The normalized spacial score (nSPS) is 18.1. The van der Waals surface area contributed by atoms with Crippen molar-refractivity contribution in [1.82, 2.24) is 9.88 Å². The van der Waals surface area contributed by atoms with Crippen molar-refractivity contribution in [2.75, 3.05) is 26.7 Å². The number of likely N-dealkylation sites (tertiary alicyclic amines) is 1. The Morgan fingerprint density at radius 2 is 1.84 bits per heavy atom. The molecule has 1 aliphatic rings. The Hall–Kier alpha value is -2.92. The molecule has 2 atom stereocenters. The summed E-state index contributed by atoms with van der Waals surface area (Å²) in [5, 5.41) is 10.5. The Morgan fingerprint density at radius 1 is 1.00 bits per heavy atom. The summed E-state index contributed by atoms with van der Waals surface area (Å²) in [5.74, 6) is 1.27. The first-order valence-corrected chi connectivity index (χ1v) is 14.4. The van der Waals surface area contributed by atoms with Gasteiger partial charge in [0, 0.05) is 24.5 Å². The summed E-state index contributed by atoms with van der Waals surface area (Å²) in [6.45, 7) is 5.52. The molecule has 0 radical (unpaired) electrons. The second kappa shape index (κ2) is 14.3. The van der Waals surface area contributed by atoms with Crippen molar-refractivity contribution in [3.05, 3.63) is 71.4 Å². The fourth-order valence-electron chi connectivity index (χ4n) is 6.18. The summed E-state index contributed by atoms with van der Waals surface area (Å²) >= 11 is 0. The van der Waals surface area contributed by atoms with E-state index in [9.17, 15) is 9.90 Å². The molecule has 1 fully saturated rings. The van der Waals surface area contributed by atoms with Crippen molar-refractivity contribution in [3.63, 3.8) is 0 Å². The van der Waals surface area contributed by atoms with Crippen LogP contribution in [0.3, 0.4) is 0 Å². The number of pyridine rings is 1. The summed E-state index contributed by atoms with van der Waals surface area (Å²) in [6, 6.07) is 16.9. The summed E-state index contributed by atoms with van der Waals surface area (Å²) in [6.07, 6.45) is 12.3. The zero-order valence-corrected chi connectivity index (χ0v) is 23.2. The molecule has 2 heterocycles. The van der Waals surface area contributed by atoms with E-state index in [-0.39, 0.29) is 6.42 Å². The number of benzene rings is 2. The molecule has 0 aliphatic carbocycles. The lowest BCUT2D eigenvalue weighted by Crippen LogP contribution is -2.41. The third kappa shape index (κ3) is 8.04. The molecular formula is C33H44N2O3. The number of hydrogen-bond acceptors (Lipinski definition) is 4. The van der Waals surface area contributed by atoms with E-state index in [1.54, 1.807) is 7.11 Å². The highest BCUT2D eigenvalue weighted by atomic mass is 16.5. The van der Waals surface area contributed by atoms with Crippen LogP contribution in [0.25, 0.3) is 10.9 Å². The number of piperidine rings is 1. The highest BCUT2D eigenvalue weighted by Crippen LogP contribution is 2.32. The maximum Gasteiger partial charge on any atom is 0.303 e. The lowest BCUT2D eigenvalue weighted by molar-refractivity contribution is -0.137. The minimum Gasteiger partial charge on any atom is -0.497 e. The first kappa shape index (κ1) is 28.1. The Balaban J connectivity index is 1.25. The van der Waals surface area contributed by atoms with Crippen LogP contribution in [0.2, 0.25) is 0 Å². The van der Waals surface area contributed by atoms with E-state index in [2.05, 4.69) is 53.2 Å². The fraction of sp³-hybridized carbons (Fsp3) is 0.515. The molecule has 2 aromatic carbocycles. The van der Waals surface area contributed by atoms with E-state index in [1.807, 2.05) is 18.3 Å². The van der Waals surface area contributed by atoms with Crippen molar-refractivity contribution >= 4 is 16.9 Å². The molecule has 3 aromatic rings. The molecule has 1 saturated heterocycles. The second-order valence-electron chi connectivity index (χ2n) is 11.0. The quantitative estimate of drug-likeness (QED) is 0.232. The average molecular weight is 517 g/mol. The largest absolute Gasteiger partial charge is 0.497 e. The predicted molar refractivity (Wildman–Crippen MR) is 155 cm³/mol. The Bertz CT molecular complexity index is 1180. The first-order chi connectivity index (χ1) is 18.5. The predicted octanol–water partition coefficient (Wildman–Crippen LogP) is 7.09. The van der Waals surface area contributed by atoms with E-state index in [1.165, 1.54) is 47.8 Å². The topological polar surface area (TPSA) is 62.7 Å². The van der Waals surface area contributed by atoms with Crippen LogP contribution >= 0.6 is 0 Å².